The van der Waals surface area contributed by atoms with Crippen molar-refractivity contribution in [2.24, 2.45) is 0 Å². The Morgan fingerprint density at radius 1 is 1.57 bits per heavy atom. The lowest BCUT2D eigenvalue weighted by Gasteiger charge is -2.04. The van der Waals surface area contributed by atoms with Crippen LogP contribution in [0.2, 0.25) is 0 Å². The quantitative estimate of drug-likeness (QED) is 0.889. The summed E-state index contributed by atoms with van der Waals surface area (Å²) in [5.74, 6) is -0.871. The molecule has 0 saturated heterocycles. The molecule has 2 nitrogen and oxygen atoms in total. The van der Waals surface area contributed by atoms with Gasteiger partial charge in [0, 0.05) is 11.0 Å². The molecule has 0 aliphatic rings. The van der Waals surface area contributed by atoms with Gasteiger partial charge in [-0.15, -0.1) is 0 Å². The van der Waals surface area contributed by atoms with E-state index in [4.69, 9.17) is 0 Å². The first-order chi connectivity index (χ1) is 6.65. The predicted octanol–water partition coefficient (Wildman–Crippen LogP) is 2.73. The minimum atomic E-state index is -0.507. The lowest BCUT2D eigenvalue weighted by Crippen LogP contribution is -2.24. The fourth-order valence-corrected chi connectivity index (χ4v) is 1.34. The van der Waals surface area contributed by atoms with Gasteiger partial charge in [-0.25, -0.2) is 4.39 Å². The zero-order valence-corrected chi connectivity index (χ0v) is 9.40. The normalized spacial score (nSPS) is 9.93. The summed E-state index contributed by atoms with van der Waals surface area (Å²) in [6.45, 7) is 2.51. The largest absolute Gasteiger partial charge is 0.352 e. The van der Waals surface area contributed by atoms with Crippen molar-refractivity contribution in [3.05, 3.63) is 34.1 Å². The van der Waals surface area contributed by atoms with Gasteiger partial charge < -0.3 is 5.32 Å². The van der Waals surface area contributed by atoms with Crippen LogP contribution in [-0.2, 0) is 0 Å². The maximum absolute atomic E-state index is 13.2. The third-order valence-corrected chi connectivity index (χ3v) is 2.20. The van der Waals surface area contributed by atoms with Gasteiger partial charge in [0.1, 0.15) is 5.82 Å². The van der Waals surface area contributed by atoms with Gasteiger partial charge in [0.15, 0.2) is 0 Å². The number of carbonyl (C=O) groups is 1. The number of rotatable bonds is 3. The third-order valence-electron chi connectivity index (χ3n) is 1.71. The summed E-state index contributed by atoms with van der Waals surface area (Å²) in [7, 11) is 0. The second kappa shape index (κ2) is 5.10. The molecule has 0 saturated carbocycles. The first-order valence-electron chi connectivity index (χ1n) is 4.38. The van der Waals surface area contributed by atoms with Crippen LogP contribution in [0.25, 0.3) is 0 Å². The number of nitrogens with one attached hydrogen (secondary N) is 1. The molecule has 0 aromatic heterocycles. The molecule has 0 atom stereocenters. The Balaban J connectivity index is 2.80. The molecule has 0 aliphatic carbocycles. The average molecular weight is 260 g/mol. The minimum Gasteiger partial charge on any atom is -0.352 e. The molecule has 0 radical (unpaired) electrons. The molecule has 1 aromatic rings. The summed E-state index contributed by atoms with van der Waals surface area (Å²) in [6.07, 6.45) is 0.837. The highest BCUT2D eigenvalue weighted by atomic mass is 79.9. The Labute approximate surface area is 90.6 Å². The van der Waals surface area contributed by atoms with E-state index in [-0.39, 0.29) is 11.5 Å². The van der Waals surface area contributed by atoms with Crippen LogP contribution in [0.15, 0.2) is 22.7 Å². The predicted molar refractivity (Wildman–Crippen MR) is 56.7 cm³/mol. The summed E-state index contributed by atoms with van der Waals surface area (Å²) in [6, 6.07) is 4.38. The summed E-state index contributed by atoms with van der Waals surface area (Å²) in [5, 5.41) is 2.61. The molecule has 0 bridgehead atoms. The Kier molecular flexibility index (Phi) is 4.07. The fourth-order valence-electron chi connectivity index (χ4n) is 1.01. The van der Waals surface area contributed by atoms with Crippen LogP contribution in [0.5, 0.6) is 0 Å². The van der Waals surface area contributed by atoms with Gasteiger partial charge in [-0.3, -0.25) is 4.79 Å². The summed E-state index contributed by atoms with van der Waals surface area (Å²) in [5.41, 5.74) is 0.0849. The van der Waals surface area contributed by atoms with Crippen LogP contribution in [0.4, 0.5) is 4.39 Å². The van der Waals surface area contributed by atoms with Crippen molar-refractivity contribution < 1.29 is 9.18 Å². The third kappa shape index (κ3) is 2.80. The Hall–Kier alpha value is -0.900. The highest BCUT2D eigenvalue weighted by Gasteiger charge is 2.10. The summed E-state index contributed by atoms with van der Waals surface area (Å²) < 4.78 is 13.9. The summed E-state index contributed by atoms with van der Waals surface area (Å²) >= 11 is 3.13. The SMILES string of the molecule is CCCNC(=O)c1ccc(Br)cc1F. The van der Waals surface area contributed by atoms with Gasteiger partial charge in [-0.05, 0) is 24.6 Å². The Bertz CT molecular complexity index is 341. The monoisotopic (exact) mass is 259 g/mol. The fraction of sp³-hybridized carbons (Fsp3) is 0.300. The molecule has 14 heavy (non-hydrogen) atoms. The lowest BCUT2D eigenvalue weighted by atomic mass is 10.2. The number of halogens is 2. The minimum absolute atomic E-state index is 0.0849. The maximum atomic E-state index is 13.2. The van der Waals surface area contributed by atoms with E-state index in [1.165, 1.54) is 12.1 Å². The molecule has 0 fully saturated rings. The van der Waals surface area contributed by atoms with Crippen molar-refractivity contribution in [1.82, 2.24) is 5.32 Å². The molecule has 0 aliphatic heterocycles. The van der Waals surface area contributed by atoms with Crippen LogP contribution in [0.3, 0.4) is 0 Å². The van der Waals surface area contributed by atoms with Gasteiger partial charge in [-0.2, -0.15) is 0 Å². The van der Waals surface area contributed by atoms with Crippen LogP contribution in [0, 0.1) is 5.82 Å². The van der Waals surface area contributed by atoms with Crippen LogP contribution >= 0.6 is 15.9 Å². The van der Waals surface area contributed by atoms with E-state index in [9.17, 15) is 9.18 Å². The molecule has 1 amide bonds. The van der Waals surface area contributed by atoms with Gasteiger partial charge in [0.25, 0.3) is 5.91 Å². The molecule has 1 aromatic carbocycles. The second-order valence-electron chi connectivity index (χ2n) is 2.88. The van der Waals surface area contributed by atoms with Gasteiger partial charge in [-0.1, -0.05) is 22.9 Å². The van der Waals surface area contributed by atoms with Gasteiger partial charge >= 0.3 is 0 Å². The van der Waals surface area contributed by atoms with E-state index in [1.807, 2.05) is 6.92 Å². The standard InChI is InChI=1S/C10H11BrFNO/c1-2-5-13-10(14)8-4-3-7(11)6-9(8)12/h3-4,6H,2,5H2,1H3,(H,13,14). The lowest BCUT2D eigenvalue weighted by molar-refractivity contribution is 0.0949. The molecule has 0 heterocycles. The van der Waals surface area contributed by atoms with E-state index in [1.54, 1.807) is 6.07 Å². The van der Waals surface area contributed by atoms with Gasteiger partial charge in [0.2, 0.25) is 0 Å². The summed E-state index contributed by atoms with van der Waals surface area (Å²) in [4.78, 5) is 11.4. The first kappa shape index (κ1) is 11.2. The number of hydrogen-bond donors (Lipinski definition) is 1. The van der Waals surface area contributed by atoms with E-state index < -0.39 is 5.82 Å². The van der Waals surface area contributed by atoms with E-state index in [2.05, 4.69) is 21.2 Å². The topological polar surface area (TPSA) is 29.1 Å². The van der Waals surface area contributed by atoms with Crippen molar-refractivity contribution in [3.8, 4) is 0 Å². The molecular weight excluding hydrogens is 249 g/mol. The number of carbonyl (C=O) groups excluding carboxylic acids is 1. The first-order valence-corrected chi connectivity index (χ1v) is 5.17. The Morgan fingerprint density at radius 3 is 2.86 bits per heavy atom. The molecule has 1 N–H and O–H groups in total. The van der Waals surface area contributed by atoms with Crippen molar-refractivity contribution in [2.75, 3.05) is 6.54 Å². The molecule has 0 spiro atoms. The second-order valence-corrected chi connectivity index (χ2v) is 3.80. The zero-order chi connectivity index (χ0) is 10.6. The van der Waals surface area contributed by atoms with Crippen molar-refractivity contribution in [3.63, 3.8) is 0 Å². The van der Waals surface area contributed by atoms with E-state index in [0.717, 1.165) is 6.42 Å². The zero-order valence-electron chi connectivity index (χ0n) is 7.81. The Morgan fingerprint density at radius 2 is 2.29 bits per heavy atom. The van der Waals surface area contributed by atoms with Crippen molar-refractivity contribution >= 4 is 21.8 Å². The highest BCUT2D eigenvalue weighted by molar-refractivity contribution is 9.10. The highest BCUT2D eigenvalue weighted by Crippen LogP contribution is 2.14. The van der Waals surface area contributed by atoms with E-state index in [0.29, 0.717) is 11.0 Å². The molecular formula is C10H11BrFNO. The maximum Gasteiger partial charge on any atom is 0.254 e. The van der Waals surface area contributed by atoms with Crippen molar-refractivity contribution in [1.29, 1.82) is 0 Å². The van der Waals surface area contributed by atoms with Crippen LogP contribution in [0.1, 0.15) is 23.7 Å². The van der Waals surface area contributed by atoms with Crippen molar-refractivity contribution in [2.45, 2.75) is 13.3 Å². The molecule has 0 unspecified atom stereocenters. The number of benzene rings is 1. The molecule has 76 valence electrons. The number of amides is 1. The molecule has 4 heteroatoms. The average Bonchev–Trinajstić information content (AvgIpc) is 2.14. The molecule has 1 rings (SSSR count). The van der Waals surface area contributed by atoms with Crippen LogP contribution in [-0.4, -0.2) is 12.5 Å². The van der Waals surface area contributed by atoms with E-state index >= 15 is 0 Å². The van der Waals surface area contributed by atoms with Gasteiger partial charge in [0.05, 0.1) is 5.56 Å². The smallest absolute Gasteiger partial charge is 0.254 e. The number of hydrogen-bond acceptors (Lipinski definition) is 1. The van der Waals surface area contributed by atoms with Crippen LogP contribution < -0.4 is 5.32 Å².